The summed E-state index contributed by atoms with van der Waals surface area (Å²) in [7, 11) is 1.63. The zero-order valence-corrected chi connectivity index (χ0v) is 19.3. The average Bonchev–Trinajstić information content (AvgIpc) is 3.27. The Bertz CT molecular complexity index is 1130. The largest absolute Gasteiger partial charge is 0.433 e. The van der Waals surface area contributed by atoms with Crippen molar-refractivity contribution in [3.05, 3.63) is 77.2 Å². The Morgan fingerprint density at radius 2 is 1.79 bits per heavy atom. The number of allylic oxidation sites excluding steroid dienone is 2. The summed E-state index contributed by atoms with van der Waals surface area (Å²) in [6.07, 6.45) is -0.360. The molecule has 0 aliphatic carbocycles. The number of nitriles is 1. The molecule has 0 radical (unpaired) electrons. The van der Waals surface area contributed by atoms with Gasteiger partial charge in [0.2, 0.25) is 5.82 Å². The Balaban J connectivity index is 0.000000321. The Morgan fingerprint density at radius 1 is 1.15 bits per heavy atom. The number of nitrogens with zero attached hydrogens (tertiary/aromatic N) is 4. The maximum absolute atomic E-state index is 12.8. The van der Waals surface area contributed by atoms with E-state index in [1.807, 2.05) is 44.2 Å². The van der Waals surface area contributed by atoms with Crippen molar-refractivity contribution < 1.29 is 18.0 Å². The van der Waals surface area contributed by atoms with Crippen molar-refractivity contribution in [1.29, 1.82) is 5.26 Å². The number of ether oxygens (including phenoxy) is 1. The Labute approximate surface area is 192 Å². The van der Waals surface area contributed by atoms with E-state index in [-0.39, 0.29) is 5.75 Å². The molecule has 0 N–H and O–H groups in total. The van der Waals surface area contributed by atoms with Crippen molar-refractivity contribution in [2.24, 2.45) is 4.99 Å². The fourth-order valence-corrected chi connectivity index (χ4v) is 2.63. The van der Waals surface area contributed by atoms with Crippen LogP contribution in [-0.4, -0.2) is 29.0 Å². The Morgan fingerprint density at radius 3 is 2.27 bits per heavy atom. The first kappa shape index (κ1) is 25.4. The third kappa shape index (κ3) is 8.30. The zero-order valence-electron chi connectivity index (χ0n) is 19.3. The molecule has 2 aromatic carbocycles. The summed E-state index contributed by atoms with van der Waals surface area (Å²) in [4.78, 5) is 8.37. The first-order chi connectivity index (χ1) is 15.6. The van der Waals surface area contributed by atoms with Gasteiger partial charge in [-0.1, -0.05) is 29.8 Å². The molecule has 3 rings (SSSR count). The standard InChI is InChI=1S/C16H17F2N3O2.C9H9N/c1-10(2)9-13(19-4)15-20-14(21-23-15)11-5-7-12(8-6-11)22-16(3,17)18;1-2-8-3-5-9(7-10)6-4-8/h5-9H,1-4H3;3-6H,2H2,1H3. The molecule has 0 unspecified atom stereocenters. The van der Waals surface area contributed by atoms with Gasteiger partial charge in [-0.25, -0.2) is 0 Å². The highest BCUT2D eigenvalue weighted by Gasteiger charge is 2.23. The van der Waals surface area contributed by atoms with Crippen LogP contribution in [0, 0.1) is 11.3 Å². The van der Waals surface area contributed by atoms with Crippen molar-refractivity contribution >= 4 is 5.71 Å². The van der Waals surface area contributed by atoms with Gasteiger partial charge in [0.15, 0.2) is 0 Å². The number of alkyl halides is 2. The van der Waals surface area contributed by atoms with Crippen molar-refractivity contribution in [2.75, 3.05) is 7.05 Å². The second-order valence-electron chi connectivity index (χ2n) is 7.35. The zero-order chi connectivity index (χ0) is 24.4. The molecule has 0 amide bonds. The molecular formula is C25H26F2N4O2. The molecule has 1 aromatic heterocycles. The van der Waals surface area contributed by atoms with Gasteiger partial charge in [0, 0.05) is 19.5 Å². The molecule has 0 saturated carbocycles. The fraction of sp³-hybridized carbons (Fsp3) is 0.280. The lowest BCUT2D eigenvalue weighted by Crippen LogP contribution is -2.18. The van der Waals surface area contributed by atoms with Gasteiger partial charge in [-0.05, 0) is 68.3 Å². The molecule has 3 aromatic rings. The molecule has 0 bridgehead atoms. The minimum Gasteiger partial charge on any atom is -0.433 e. The van der Waals surface area contributed by atoms with E-state index in [4.69, 9.17) is 9.78 Å². The summed E-state index contributed by atoms with van der Waals surface area (Å²) in [5, 5.41) is 12.3. The smallest absolute Gasteiger partial charge is 0.394 e. The fourth-order valence-electron chi connectivity index (χ4n) is 2.63. The monoisotopic (exact) mass is 452 g/mol. The molecule has 8 heteroatoms. The van der Waals surface area contributed by atoms with Crippen LogP contribution in [0.1, 0.15) is 44.7 Å². The summed E-state index contributed by atoms with van der Waals surface area (Å²) in [5.41, 5.74) is 4.26. The van der Waals surface area contributed by atoms with Gasteiger partial charge in [0.1, 0.15) is 11.5 Å². The lowest BCUT2D eigenvalue weighted by atomic mass is 10.1. The van der Waals surface area contributed by atoms with E-state index in [0.29, 0.717) is 29.9 Å². The molecule has 172 valence electrons. The SMILES string of the molecule is CCc1ccc(C#N)cc1.CN=C(C=C(C)C)c1nc(-c2ccc(OC(C)(F)F)cc2)no1. The molecule has 0 aliphatic rings. The average molecular weight is 453 g/mol. The third-order valence-electron chi connectivity index (χ3n) is 4.21. The van der Waals surface area contributed by atoms with Crippen LogP contribution in [0.3, 0.4) is 0 Å². The third-order valence-corrected chi connectivity index (χ3v) is 4.21. The minimum absolute atomic E-state index is 0.0605. The van der Waals surface area contributed by atoms with Gasteiger partial charge in [0.25, 0.3) is 5.89 Å². The molecule has 0 atom stereocenters. The van der Waals surface area contributed by atoms with Crippen LogP contribution in [0.2, 0.25) is 0 Å². The van der Waals surface area contributed by atoms with E-state index in [2.05, 4.69) is 32.9 Å². The van der Waals surface area contributed by atoms with Crippen molar-refractivity contribution in [1.82, 2.24) is 10.1 Å². The molecule has 1 heterocycles. The first-order valence-corrected chi connectivity index (χ1v) is 10.3. The first-order valence-electron chi connectivity index (χ1n) is 10.3. The second kappa shape index (κ2) is 11.7. The van der Waals surface area contributed by atoms with Crippen LogP contribution in [0.25, 0.3) is 11.4 Å². The van der Waals surface area contributed by atoms with Gasteiger partial charge in [-0.2, -0.15) is 19.0 Å². The maximum Gasteiger partial charge on any atom is 0.394 e. The van der Waals surface area contributed by atoms with E-state index in [9.17, 15) is 8.78 Å². The molecule has 6 nitrogen and oxygen atoms in total. The Kier molecular flexibility index (Phi) is 8.98. The molecule has 33 heavy (non-hydrogen) atoms. The number of aryl methyl sites for hydroxylation is 1. The highest BCUT2D eigenvalue weighted by atomic mass is 19.3. The highest BCUT2D eigenvalue weighted by molar-refractivity contribution is 6.05. The number of aromatic nitrogens is 2. The van der Waals surface area contributed by atoms with Crippen molar-refractivity contribution in [3.8, 4) is 23.2 Å². The van der Waals surface area contributed by atoms with Crippen LogP contribution in [0.5, 0.6) is 5.75 Å². The number of aliphatic imine (C=N–C) groups is 1. The topological polar surface area (TPSA) is 84.3 Å². The van der Waals surface area contributed by atoms with Crippen molar-refractivity contribution in [2.45, 2.75) is 40.2 Å². The van der Waals surface area contributed by atoms with Gasteiger partial charge in [-0.15, -0.1) is 0 Å². The Hall–Kier alpha value is -3.86. The lowest BCUT2D eigenvalue weighted by Gasteiger charge is -2.12. The molecule has 0 aliphatic heterocycles. The summed E-state index contributed by atoms with van der Waals surface area (Å²) < 4.78 is 35.2. The van der Waals surface area contributed by atoms with Crippen LogP contribution in [0.15, 0.2) is 69.7 Å². The number of hydrogen-bond acceptors (Lipinski definition) is 6. The molecule has 0 fully saturated rings. The summed E-state index contributed by atoms with van der Waals surface area (Å²) >= 11 is 0. The molecule has 0 saturated heterocycles. The number of hydrogen-bond donors (Lipinski definition) is 0. The normalized spacial score (nSPS) is 11.2. The van der Waals surface area contributed by atoms with Crippen LogP contribution >= 0.6 is 0 Å². The van der Waals surface area contributed by atoms with Gasteiger partial charge < -0.3 is 9.26 Å². The van der Waals surface area contributed by atoms with E-state index in [1.54, 1.807) is 19.2 Å². The second-order valence-corrected chi connectivity index (χ2v) is 7.35. The van der Waals surface area contributed by atoms with E-state index in [0.717, 1.165) is 17.6 Å². The lowest BCUT2D eigenvalue weighted by molar-refractivity contribution is -0.158. The predicted molar refractivity (Wildman–Crippen MR) is 123 cm³/mol. The van der Waals surface area contributed by atoms with E-state index < -0.39 is 6.11 Å². The van der Waals surface area contributed by atoms with Gasteiger partial charge in [-0.3, -0.25) is 4.99 Å². The van der Waals surface area contributed by atoms with E-state index >= 15 is 0 Å². The van der Waals surface area contributed by atoms with Crippen LogP contribution in [0.4, 0.5) is 8.78 Å². The number of rotatable bonds is 6. The van der Waals surface area contributed by atoms with Crippen molar-refractivity contribution in [3.63, 3.8) is 0 Å². The molecule has 0 spiro atoms. The molecular weight excluding hydrogens is 426 g/mol. The van der Waals surface area contributed by atoms with Crippen LogP contribution in [-0.2, 0) is 6.42 Å². The summed E-state index contributed by atoms with van der Waals surface area (Å²) in [6, 6.07) is 15.8. The summed E-state index contributed by atoms with van der Waals surface area (Å²) in [5.74, 6) is 0.701. The van der Waals surface area contributed by atoms with E-state index in [1.165, 1.54) is 17.7 Å². The predicted octanol–water partition coefficient (Wildman–Crippen LogP) is 6.23. The number of halogens is 2. The minimum atomic E-state index is -3.22. The van der Waals surface area contributed by atoms with Gasteiger partial charge >= 0.3 is 6.11 Å². The summed E-state index contributed by atoms with van der Waals surface area (Å²) in [6.45, 7) is 6.65. The van der Waals surface area contributed by atoms with Gasteiger partial charge in [0.05, 0.1) is 11.6 Å². The maximum atomic E-state index is 12.8. The van der Waals surface area contributed by atoms with Crippen LogP contribution < -0.4 is 4.74 Å². The highest BCUT2D eigenvalue weighted by Crippen LogP contribution is 2.24. The number of benzene rings is 2. The quantitative estimate of drug-likeness (QED) is 0.414.